The van der Waals surface area contributed by atoms with Gasteiger partial charge in [0.05, 0.1) is 7.11 Å². The van der Waals surface area contributed by atoms with E-state index in [4.69, 9.17) is 21.9 Å². The van der Waals surface area contributed by atoms with Crippen molar-refractivity contribution in [2.45, 2.75) is 58.0 Å². The van der Waals surface area contributed by atoms with Gasteiger partial charge in [-0.25, -0.2) is 0 Å². The summed E-state index contributed by atoms with van der Waals surface area (Å²) in [6, 6.07) is 29.3. The Morgan fingerprint density at radius 2 is 1.43 bits per heavy atom. The number of nitrogens with one attached hydrogen (secondary N) is 1. The summed E-state index contributed by atoms with van der Waals surface area (Å²) in [6.07, 6.45) is 4.29. The van der Waals surface area contributed by atoms with Crippen LogP contribution in [0.15, 0.2) is 89.9 Å². The SMILES string of the molecule is COc1ccc(N2C(=S)NC(=NC(c3ccccc3)c3ccccc3)C23CCC(C(C)(C)C)CC3)cc1. The fourth-order valence-electron chi connectivity index (χ4n) is 5.98. The fourth-order valence-corrected chi connectivity index (χ4v) is 6.36. The van der Waals surface area contributed by atoms with Crippen molar-refractivity contribution < 1.29 is 4.74 Å². The molecule has 3 aromatic carbocycles. The molecule has 0 amide bonds. The van der Waals surface area contributed by atoms with Crippen LogP contribution in [0.4, 0.5) is 5.69 Å². The summed E-state index contributed by atoms with van der Waals surface area (Å²) < 4.78 is 5.43. The molecule has 1 N–H and O–H groups in total. The maximum Gasteiger partial charge on any atom is 0.179 e. The molecule has 1 heterocycles. The molecule has 1 spiro atoms. The van der Waals surface area contributed by atoms with Gasteiger partial charge >= 0.3 is 0 Å². The van der Waals surface area contributed by atoms with E-state index in [1.165, 1.54) is 11.1 Å². The summed E-state index contributed by atoms with van der Waals surface area (Å²) in [7, 11) is 1.70. The van der Waals surface area contributed by atoms with E-state index in [1.54, 1.807) is 7.11 Å². The number of thiocarbonyl (C=S) groups is 1. The molecule has 2 fully saturated rings. The fraction of sp³-hybridized carbons (Fsp3) is 0.375. The molecule has 0 radical (unpaired) electrons. The van der Waals surface area contributed by atoms with Gasteiger partial charge in [0, 0.05) is 5.69 Å². The van der Waals surface area contributed by atoms with Crippen molar-refractivity contribution in [1.29, 1.82) is 0 Å². The van der Waals surface area contributed by atoms with Gasteiger partial charge in [0.1, 0.15) is 23.2 Å². The van der Waals surface area contributed by atoms with Gasteiger partial charge in [0.2, 0.25) is 0 Å². The molecular formula is C32H37N3OS. The lowest BCUT2D eigenvalue weighted by Gasteiger charge is -2.46. The zero-order valence-electron chi connectivity index (χ0n) is 22.3. The van der Waals surface area contributed by atoms with Crippen LogP contribution in [0.3, 0.4) is 0 Å². The van der Waals surface area contributed by atoms with E-state index in [0.29, 0.717) is 5.92 Å². The Morgan fingerprint density at radius 3 is 1.92 bits per heavy atom. The first-order chi connectivity index (χ1) is 17.8. The molecule has 0 aromatic heterocycles. The van der Waals surface area contributed by atoms with Crippen LogP contribution in [-0.2, 0) is 0 Å². The molecule has 4 nitrogen and oxygen atoms in total. The first kappa shape index (κ1) is 25.5. The van der Waals surface area contributed by atoms with Crippen molar-refractivity contribution in [3.8, 4) is 5.75 Å². The Morgan fingerprint density at radius 1 is 0.892 bits per heavy atom. The van der Waals surface area contributed by atoms with Crippen molar-refractivity contribution in [2.24, 2.45) is 16.3 Å². The minimum Gasteiger partial charge on any atom is -0.497 e. The van der Waals surface area contributed by atoms with Gasteiger partial charge in [-0.2, -0.15) is 0 Å². The lowest BCUT2D eigenvalue weighted by molar-refractivity contribution is 0.158. The Bertz CT molecular complexity index is 1200. The van der Waals surface area contributed by atoms with Gasteiger partial charge in [-0.3, -0.25) is 4.99 Å². The van der Waals surface area contributed by atoms with Gasteiger partial charge in [0.15, 0.2) is 5.11 Å². The van der Waals surface area contributed by atoms with Gasteiger partial charge in [-0.15, -0.1) is 0 Å². The van der Waals surface area contributed by atoms with E-state index in [-0.39, 0.29) is 17.0 Å². The molecule has 1 aliphatic carbocycles. The first-order valence-corrected chi connectivity index (χ1v) is 13.7. The Kier molecular flexibility index (Phi) is 7.09. The normalized spacial score (nSPS) is 23.1. The number of aliphatic imine (C=N–C) groups is 1. The summed E-state index contributed by atoms with van der Waals surface area (Å²) in [5.41, 5.74) is 3.42. The van der Waals surface area contributed by atoms with Gasteiger partial charge in [-0.05, 0) is 84.6 Å². The molecule has 1 aliphatic heterocycles. The van der Waals surface area contributed by atoms with Gasteiger partial charge < -0.3 is 15.0 Å². The number of benzene rings is 3. The lowest BCUT2D eigenvalue weighted by atomic mass is 9.66. The second-order valence-electron chi connectivity index (χ2n) is 11.3. The number of hydrogen-bond acceptors (Lipinski definition) is 3. The number of amidine groups is 1. The number of ether oxygens (including phenoxy) is 1. The van der Waals surface area contributed by atoms with Crippen LogP contribution in [0.2, 0.25) is 0 Å². The summed E-state index contributed by atoms with van der Waals surface area (Å²) >= 11 is 6.01. The summed E-state index contributed by atoms with van der Waals surface area (Å²) in [5.74, 6) is 2.50. The number of rotatable bonds is 5. The molecule has 1 saturated carbocycles. The summed E-state index contributed by atoms with van der Waals surface area (Å²) in [6.45, 7) is 7.10. The van der Waals surface area contributed by atoms with Crippen LogP contribution >= 0.6 is 12.2 Å². The Hall–Kier alpha value is -3.18. The third kappa shape index (κ3) is 5.02. The largest absolute Gasteiger partial charge is 0.497 e. The van der Waals surface area contributed by atoms with E-state index in [9.17, 15) is 0 Å². The van der Waals surface area contributed by atoms with Crippen LogP contribution in [0.1, 0.15) is 63.6 Å². The maximum absolute atomic E-state index is 6.01. The molecule has 3 aromatic rings. The third-order valence-corrected chi connectivity index (χ3v) is 8.44. The zero-order chi connectivity index (χ0) is 26.0. The highest BCUT2D eigenvalue weighted by atomic mass is 32.1. The second kappa shape index (κ2) is 10.3. The van der Waals surface area contributed by atoms with Crippen LogP contribution < -0.4 is 15.0 Å². The van der Waals surface area contributed by atoms with Crippen molar-refractivity contribution in [2.75, 3.05) is 12.0 Å². The van der Waals surface area contributed by atoms with Crippen molar-refractivity contribution >= 4 is 28.9 Å². The summed E-state index contributed by atoms with van der Waals surface area (Å²) in [4.78, 5) is 7.82. The van der Waals surface area contributed by atoms with Crippen LogP contribution in [0.25, 0.3) is 0 Å². The van der Waals surface area contributed by atoms with E-state index in [0.717, 1.165) is 48.1 Å². The minimum atomic E-state index is -0.296. The molecule has 37 heavy (non-hydrogen) atoms. The molecule has 2 aliphatic rings. The van der Waals surface area contributed by atoms with E-state index < -0.39 is 0 Å². The zero-order valence-corrected chi connectivity index (χ0v) is 23.1. The predicted molar refractivity (Wildman–Crippen MR) is 158 cm³/mol. The molecule has 0 atom stereocenters. The van der Waals surface area contributed by atoms with E-state index in [1.807, 2.05) is 12.1 Å². The smallest absolute Gasteiger partial charge is 0.179 e. The second-order valence-corrected chi connectivity index (χ2v) is 11.7. The number of hydrogen-bond donors (Lipinski definition) is 1. The molecule has 192 valence electrons. The predicted octanol–water partition coefficient (Wildman–Crippen LogP) is 7.55. The van der Waals surface area contributed by atoms with Crippen LogP contribution in [0, 0.1) is 11.3 Å². The Labute approximate surface area is 226 Å². The highest BCUT2D eigenvalue weighted by Gasteiger charge is 2.52. The third-order valence-electron chi connectivity index (χ3n) is 8.15. The van der Waals surface area contributed by atoms with Crippen molar-refractivity contribution in [3.05, 3.63) is 96.1 Å². The first-order valence-electron chi connectivity index (χ1n) is 13.3. The molecule has 0 unspecified atom stereocenters. The standard InChI is InChI=1S/C32H37N3OS/c1-31(2,3)25-19-21-32(22-20-25)29(34-30(37)35(32)26-15-17-27(36-4)18-16-26)33-28(23-11-7-5-8-12-23)24-13-9-6-10-14-24/h5-18,25,28H,19-22H2,1-4H3,(H,33,34,37). The van der Waals surface area contributed by atoms with Crippen LogP contribution in [0.5, 0.6) is 5.75 Å². The summed E-state index contributed by atoms with van der Waals surface area (Å²) in [5, 5.41) is 4.31. The molecular weight excluding hydrogens is 474 g/mol. The Balaban J connectivity index is 1.61. The van der Waals surface area contributed by atoms with E-state index in [2.05, 4.69) is 104 Å². The molecule has 5 heteroatoms. The number of anilines is 1. The van der Waals surface area contributed by atoms with Gasteiger partial charge in [0.25, 0.3) is 0 Å². The quantitative estimate of drug-likeness (QED) is 0.359. The van der Waals surface area contributed by atoms with Crippen molar-refractivity contribution in [3.63, 3.8) is 0 Å². The van der Waals surface area contributed by atoms with E-state index >= 15 is 0 Å². The van der Waals surface area contributed by atoms with Crippen molar-refractivity contribution in [1.82, 2.24) is 5.32 Å². The molecule has 1 saturated heterocycles. The molecule has 5 rings (SSSR count). The highest BCUT2D eigenvalue weighted by molar-refractivity contribution is 7.80. The average molecular weight is 512 g/mol. The minimum absolute atomic E-state index is 0.110. The number of methoxy groups -OCH3 is 1. The molecule has 0 bridgehead atoms. The van der Waals surface area contributed by atoms with Gasteiger partial charge in [-0.1, -0.05) is 81.4 Å². The maximum atomic E-state index is 6.01. The monoisotopic (exact) mass is 511 g/mol. The highest BCUT2D eigenvalue weighted by Crippen LogP contribution is 2.47. The lowest BCUT2D eigenvalue weighted by Crippen LogP contribution is -2.53. The topological polar surface area (TPSA) is 36.9 Å². The average Bonchev–Trinajstić information content (AvgIpc) is 3.17. The van der Waals surface area contributed by atoms with Crippen LogP contribution in [-0.4, -0.2) is 23.6 Å². The number of nitrogens with zero attached hydrogens (tertiary/aromatic N) is 2.